The number of fused-ring (bicyclic) bond motifs is 5. The molecule has 144 valence electrons. The Morgan fingerprint density at radius 3 is 2.69 bits per heavy atom. The highest BCUT2D eigenvalue weighted by atomic mass is 16.1. The van der Waals surface area contributed by atoms with Gasteiger partial charge in [0.25, 0.3) is 0 Å². The molecule has 3 heteroatoms. The second kappa shape index (κ2) is 6.58. The maximum Gasteiger partial charge on any atom is 0.139 e. The number of allylic oxidation sites excluding steroid dienone is 1. The summed E-state index contributed by atoms with van der Waals surface area (Å²) in [6, 6.07) is 0. The molecule has 4 aliphatic carbocycles. The molecule has 4 fully saturated rings. The molecule has 0 aliphatic heterocycles. The lowest BCUT2D eigenvalue weighted by molar-refractivity contribution is -0.157. The average molecular weight is 358 g/mol. The van der Waals surface area contributed by atoms with E-state index in [4.69, 9.17) is 5.73 Å². The van der Waals surface area contributed by atoms with Crippen LogP contribution in [0.5, 0.6) is 0 Å². The van der Waals surface area contributed by atoms with Crippen LogP contribution in [0.15, 0.2) is 12.2 Å². The molecule has 0 heterocycles. The molecule has 0 spiro atoms. The summed E-state index contributed by atoms with van der Waals surface area (Å²) in [6.07, 6.45) is 13.6. The monoisotopic (exact) mass is 357 g/mol. The minimum atomic E-state index is -0.132. The zero-order valence-electron chi connectivity index (χ0n) is 16.5. The zero-order chi connectivity index (χ0) is 18.5. The van der Waals surface area contributed by atoms with Crippen molar-refractivity contribution in [2.24, 2.45) is 46.2 Å². The summed E-state index contributed by atoms with van der Waals surface area (Å²) >= 11 is 0. The van der Waals surface area contributed by atoms with Crippen molar-refractivity contribution in [1.82, 2.24) is 0 Å². The molecule has 0 bridgehead atoms. The first kappa shape index (κ1) is 18.4. The maximum absolute atomic E-state index is 13.2. The molecule has 0 saturated heterocycles. The van der Waals surface area contributed by atoms with Crippen LogP contribution in [-0.4, -0.2) is 18.1 Å². The SMILES string of the molecule is C[C@]12CC[C@@H](/C=C/CCN)CC1C(=O)C[C@@H]1[C@@H]2CC[C@]2(C)C(=O)CC[C@@H]12. The molecule has 1 unspecified atom stereocenters. The van der Waals surface area contributed by atoms with Crippen LogP contribution in [0.1, 0.15) is 71.6 Å². The third kappa shape index (κ3) is 2.65. The van der Waals surface area contributed by atoms with E-state index in [1.165, 1.54) is 12.8 Å². The zero-order valence-corrected chi connectivity index (χ0v) is 16.5. The van der Waals surface area contributed by atoms with Gasteiger partial charge in [0.1, 0.15) is 11.6 Å². The van der Waals surface area contributed by atoms with E-state index < -0.39 is 0 Å². The van der Waals surface area contributed by atoms with E-state index in [9.17, 15) is 9.59 Å². The largest absolute Gasteiger partial charge is 0.330 e. The minimum absolute atomic E-state index is 0.132. The Morgan fingerprint density at radius 2 is 1.92 bits per heavy atom. The van der Waals surface area contributed by atoms with Crippen molar-refractivity contribution in [2.75, 3.05) is 6.54 Å². The minimum Gasteiger partial charge on any atom is -0.330 e. The van der Waals surface area contributed by atoms with Crippen LogP contribution in [0, 0.1) is 40.4 Å². The van der Waals surface area contributed by atoms with Crippen LogP contribution in [-0.2, 0) is 9.59 Å². The number of Topliss-reactive ketones (excluding diaryl/α,β-unsaturated/α-hetero) is 2. The molecule has 0 radical (unpaired) electrons. The van der Waals surface area contributed by atoms with Crippen LogP contribution >= 0.6 is 0 Å². The van der Waals surface area contributed by atoms with Crippen LogP contribution in [0.2, 0.25) is 0 Å². The third-order valence-corrected chi connectivity index (χ3v) is 8.95. The van der Waals surface area contributed by atoms with Crippen LogP contribution in [0.4, 0.5) is 0 Å². The summed E-state index contributed by atoms with van der Waals surface area (Å²) in [5.74, 6) is 3.29. The quantitative estimate of drug-likeness (QED) is 0.766. The van der Waals surface area contributed by atoms with Crippen LogP contribution < -0.4 is 5.73 Å². The number of hydrogen-bond donors (Lipinski definition) is 1. The average Bonchev–Trinajstić information content (AvgIpc) is 2.92. The first-order valence-electron chi connectivity index (χ1n) is 10.8. The predicted molar refractivity (Wildman–Crippen MR) is 103 cm³/mol. The van der Waals surface area contributed by atoms with E-state index in [1.807, 2.05) is 0 Å². The van der Waals surface area contributed by atoms with Crippen molar-refractivity contribution in [1.29, 1.82) is 0 Å². The summed E-state index contributed by atoms with van der Waals surface area (Å²) in [6.45, 7) is 5.30. The molecule has 0 aromatic heterocycles. The Morgan fingerprint density at radius 1 is 1.12 bits per heavy atom. The van der Waals surface area contributed by atoms with Crippen molar-refractivity contribution in [3.8, 4) is 0 Å². The second-order valence-electron chi connectivity index (χ2n) is 10.1. The van der Waals surface area contributed by atoms with E-state index in [1.54, 1.807) is 0 Å². The number of hydrogen-bond acceptors (Lipinski definition) is 3. The summed E-state index contributed by atoms with van der Waals surface area (Å²) in [5.41, 5.74) is 5.63. The normalized spacial score (nSPS) is 48.3. The van der Waals surface area contributed by atoms with Gasteiger partial charge in [-0.1, -0.05) is 26.0 Å². The van der Waals surface area contributed by atoms with Gasteiger partial charge in [-0.2, -0.15) is 0 Å². The molecular formula is C23H35NO2. The fourth-order valence-electron chi connectivity index (χ4n) is 7.40. The number of carbonyl (C=O) groups excluding carboxylic acids is 2. The van der Waals surface area contributed by atoms with Gasteiger partial charge < -0.3 is 5.73 Å². The molecule has 26 heavy (non-hydrogen) atoms. The molecule has 4 saturated carbocycles. The second-order valence-corrected chi connectivity index (χ2v) is 10.1. The van der Waals surface area contributed by atoms with E-state index in [2.05, 4.69) is 26.0 Å². The van der Waals surface area contributed by atoms with Gasteiger partial charge in [-0.25, -0.2) is 0 Å². The maximum atomic E-state index is 13.2. The van der Waals surface area contributed by atoms with Crippen molar-refractivity contribution >= 4 is 11.6 Å². The molecule has 2 N–H and O–H groups in total. The smallest absolute Gasteiger partial charge is 0.139 e. The molecule has 4 rings (SSSR count). The molecule has 0 amide bonds. The molecular weight excluding hydrogens is 322 g/mol. The van der Waals surface area contributed by atoms with Crippen molar-refractivity contribution in [2.45, 2.75) is 71.6 Å². The summed E-state index contributed by atoms with van der Waals surface area (Å²) in [5, 5.41) is 0. The van der Waals surface area contributed by atoms with Crippen molar-refractivity contribution in [3.05, 3.63) is 12.2 Å². The lowest BCUT2D eigenvalue weighted by Crippen LogP contribution is -2.56. The fourth-order valence-corrected chi connectivity index (χ4v) is 7.40. The standard InChI is InChI=1S/C23H35NO2/c1-22-10-8-15(5-3-4-12-24)13-19(22)20(25)14-16-17-6-7-21(26)23(17,2)11-9-18(16)22/h3,5,15-19H,4,6-14,24H2,1-2H3/b5-3+/t15-,16+,17+,18+,19?,22-,23+/m1/s1. The molecule has 4 aliphatic rings. The highest BCUT2D eigenvalue weighted by Crippen LogP contribution is 2.65. The highest BCUT2D eigenvalue weighted by Gasteiger charge is 2.62. The summed E-state index contributed by atoms with van der Waals surface area (Å²) < 4.78 is 0. The van der Waals surface area contributed by atoms with Gasteiger partial charge in [0.15, 0.2) is 0 Å². The number of nitrogens with two attached hydrogens (primary N) is 1. The molecule has 0 aromatic carbocycles. The van der Waals surface area contributed by atoms with Crippen LogP contribution in [0.3, 0.4) is 0 Å². The van der Waals surface area contributed by atoms with Gasteiger partial charge in [0.05, 0.1) is 0 Å². The van der Waals surface area contributed by atoms with Gasteiger partial charge >= 0.3 is 0 Å². The van der Waals surface area contributed by atoms with Gasteiger partial charge in [-0.15, -0.1) is 0 Å². The first-order valence-corrected chi connectivity index (χ1v) is 10.8. The fraction of sp³-hybridized carbons (Fsp3) is 0.826. The molecule has 7 atom stereocenters. The number of ketones is 2. The predicted octanol–water partition coefficient (Wildman–Crippen LogP) is 4.30. The van der Waals surface area contributed by atoms with Gasteiger partial charge in [0.2, 0.25) is 0 Å². The van der Waals surface area contributed by atoms with Gasteiger partial charge in [0, 0.05) is 24.2 Å². The lowest BCUT2D eigenvalue weighted by atomic mass is 9.44. The van der Waals surface area contributed by atoms with Gasteiger partial charge in [-0.3, -0.25) is 9.59 Å². The first-order chi connectivity index (χ1) is 12.4. The van der Waals surface area contributed by atoms with Crippen molar-refractivity contribution in [3.63, 3.8) is 0 Å². The summed E-state index contributed by atoms with van der Waals surface area (Å²) in [7, 11) is 0. The van der Waals surface area contributed by atoms with E-state index in [-0.39, 0.29) is 16.7 Å². The molecule has 3 nitrogen and oxygen atoms in total. The number of rotatable bonds is 3. The molecule has 0 aromatic rings. The summed E-state index contributed by atoms with van der Waals surface area (Å²) in [4.78, 5) is 25.7. The Hall–Kier alpha value is -0.960. The Labute approximate surface area is 158 Å². The van der Waals surface area contributed by atoms with Gasteiger partial charge in [-0.05, 0) is 80.6 Å². The van der Waals surface area contributed by atoms with E-state index in [0.717, 1.165) is 44.9 Å². The van der Waals surface area contributed by atoms with Crippen molar-refractivity contribution < 1.29 is 9.59 Å². The lowest BCUT2D eigenvalue weighted by Gasteiger charge is -2.59. The Balaban J connectivity index is 1.56. The number of carbonyl (C=O) groups is 2. The van der Waals surface area contributed by atoms with Crippen LogP contribution in [0.25, 0.3) is 0 Å². The topological polar surface area (TPSA) is 60.2 Å². The Bertz CT molecular complexity index is 626. The Kier molecular flexibility index (Phi) is 4.66. The van der Waals surface area contributed by atoms with E-state index in [0.29, 0.717) is 41.8 Å². The highest BCUT2D eigenvalue weighted by molar-refractivity contribution is 5.88. The van der Waals surface area contributed by atoms with E-state index >= 15 is 0 Å². The third-order valence-electron chi connectivity index (χ3n) is 8.95.